The van der Waals surface area contributed by atoms with Crippen molar-refractivity contribution < 1.29 is 9.66 Å². The lowest BCUT2D eigenvalue weighted by atomic mass is 10.1. The second-order valence-electron chi connectivity index (χ2n) is 4.54. The molecule has 3 N–H and O–H groups in total. The Bertz CT molecular complexity index is 702. The number of nitro groups is 1. The molecule has 0 aliphatic rings. The van der Waals surface area contributed by atoms with E-state index in [2.05, 4.69) is 15.4 Å². The predicted molar refractivity (Wildman–Crippen MR) is 77.2 cm³/mol. The van der Waals surface area contributed by atoms with E-state index in [0.717, 1.165) is 22.9 Å². The van der Waals surface area contributed by atoms with Crippen molar-refractivity contribution in [2.45, 2.75) is 20.8 Å². The van der Waals surface area contributed by atoms with Crippen LogP contribution >= 0.6 is 0 Å². The van der Waals surface area contributed by atoms with Crippen LogP contribution in [0, 0.1) is 30.9 Å². The van der Waals surface area contributed by atoms with Gasteiger partial charge >= 0.3 is 11.6 Å². The summed E-state index contributed by atoms with van der Waals surface area (Å²) in [5.74, 6) is 5.65. The zero-order valence-corrected chi connectivity index (χ0v) is 11.9. The Kier molecular flexibility index (Phi) is 3.99. The van der Waals surface area contributed by atoms with E-state index in [4.69, 9.17) is 10.6 Å². The van der Waals surface area contributed by atoms with Crippen LogP contribution < -0.4 is 16.0 Å². The van der Waals surface area contributed by atoms with Crippen LogP contribution in [0.2, 0.25) is 0 Å². The van der Waals surface area contributed by atoms with Gasteiger partial charge in [-0.1, -0.05) is 12.1 Å². The molecule has 0 atom stereocenters. The highest BCUT2D eigenvalue weighted by atomic mass is 16.6. The number of rotatable bonds is 4. The molecule has 2 rings (SSSR count). The first-order chi connectivity index (χ1) is 9.93. The Balaban J connectivity index is 2.53. The number of anilines is 1. The minimum Gasteiger partial charge on any atom is -0.433 e. The van der Waals surface area contributed by atoms with Gasteiger partial charge in [-0.3, -0.25) is 15.5 Å². The third-order valence-electron chi connectivity index (χ3n) is 3.13. The summed E-state index contributed by atoms with van der Waals surface area (Å²) < 4.78 is 5.67. The first kappa shape index (κ1) is 14.7. The number of hydrazine groups is 1. The molecular formula is C13H15N5O3. The molecule has 110 valence electrons. The topological polar surface area (TPSA) is 116 Å². The molecule has 0 amide bonds. The molecule has 0 saturated heterocycles. The van der Waals surface area contributed by atoms with Crippen LogP contribution in [0.4, 0.5) is 11.6 Å². The van der Waals surface area contributed by atoms with E-state index in [1.54, 1.807) is 0 Å². The van der Waals surface area contributed by atoms with Gasteiger partial charge in [-0.2, -0.15) is 4.98 Å². The molecule has 0 aliphatic carbocycles. The number of ether oxygens (including phenoxy) is 1. The number of nitrogens with one attached hydrogen (secondary N) is 1. The molecular weight excluding hydrogens is 274 g/mol. The molecule has 1 aromatic carbocycles. The van der Waals surface area contributed by atoms with Gasteiger partial charge in [-0.15, -0.1) is 0 Å². The van der Waals surface area contributed by atoms with Crippen LogP contribution in [0.1, 0.15) is 16.7 Å². The molecule has 8 heteroatoms. The highest BCUT2D eigenvalue weighted by Gasteiger charge is 2.21. The standard InChI is InChI=1S/C13H15N5O3/c1-7-4-5-8(2)11(9(7)3)21-12-10(18(19)20)6-15-13(16-12)17-14/h4-6H,14H2,1-3H3,(H,15,16,17). The number of nitrogens with two attached hydrogens (primary N) is 1. The van der Waals surface area contributed by atoms with Crippen molar-refractivity contribution in [1.82, 2.24) is 9.97 Å². The number of hydrogen-bond donors (Lipinski definition) is 2. The first-order valence-corrected chi connectivity index (χ1v) is 6.16. The third-order valence-corrected chi connectivity index (χ3v) is 3.13. The van der Waals surface area contributed by atoms with Crippen LogP contribution in [0.15, 0.2) is 18.3 Å². The second kappa shape index (κ2) is 5.71. The van der Waals surface area contributed by atoms with E-state index in [1.165, 1.54) is 0 Å². The molecule has 0 unspecified atom stereocenters. The molecule has 0 bridgehead atoms. The molecule has 8 nitrogen and oxygen atoms in total. The molecule has 0 spiro atoms. The number of hydrogen-bond acceptors (Lipinski definition) is 7. The normalized spacial score (nSPS) is 10.3. The zero-order chi connectivity index (χ0) is 15.6. The van der Waals surface area contributed by atoms with Gasteiger partial charge in [-0.05, 0) is 37.5 Å². The van der Waals surface area contributed by atoms with Gasteiger partial charge in [-0.25, -0.2) is 10.8 Å². The molecule has 21 heavy (non-hydrogen) atoms. The highest BCUT2D eigenvalue weighted by Crippen LogP contribution is 2.34. The molecule has 0 fully saturated rings. The number of benzene rings is 1. The van der Waals surface area contributed by atoms with Gasteiger partial charge in [0, 0.05) is 0 Å². The van der Waals surface area contributed by atoms with E-state index >= 15 is 0 Å². The maximum atomic E-state index is 11.0. The van der Waals surface area contributed by atoms with Crippen molar-refractivity contribution in [3.05, 3.63) is 45.1 Å². The van der Waals surface area contributed by atoms with E-state index < -0.39 is 4.92 Å². The fourth-order valence-corrected chi connectivity index (χ4v) is 1.81. The Morgan fingerprint density at radius 1 is 1.29 bits per heavy atom. The number of aryl methyl sites for hydroxylation is 2. The SMILES string of the molecule is Cc1ccc(C)c(Oc2nc(NN)ncc2[N+](=O)[O-])c1C. The van der Waals surface area contributed by atoms with Crippen LogP contribution in [-0.2, 0) is 0 Å². The lowest BCUT2D eigenvalue weighted by Gasteiger charge is -2.13. The van der Waals surface area contributed by atoms with Gasteiger partial charge in [0.05, 0.1) is 4.92 Å². The predicted octanol–water partition coefficient (Wildman–Crippen LogP) is 2.39. The number of nitrogen functional groups attached to an aromatic ring is 1. The lowest BCUT2D eigenvalue weighted by molar-refractivity contribution is -0.386. The summed E-state index contributed by atoms with van der Waals surface area (Å²) in [6.45, 7) is 5.67. The molecule has 0 saturated carbocycles. The molecule has 2 aromatic rings. The van der Waals surface area contributed by atoms with Crippen molar-refractivity contribution in [3.63, 3.8) is 0 Å². The van der Waals surface area contributed by atoms with Gasteiger partial charge in [0.1, 0.15) is 11.9 Å². The van der Waals surface area contributed by atoms with Crippen molar-refractivity contribution in [1.29, 1.82) is 0 Å². The summed E-state index contributed by atoms with van der Waals surface area (Å²) >= 11 is 0. The van der Waals surface area contributed by atoms with Crippen molar-refractivity contribution >= 4 is 11.6 Å². The first-order valence-electron chi connectivity index (χ1n) is 6.16. The summed E-state index contributed by atoms with van der Waals surface area (Å²) in [6.07, 6.45) is 1.05. The molecule has 1 aromatic heterocycles. The number of nitrogens with zero attached hydrogens (tertiary/aromatic N) is 3. The Morgan fingerprint density at radius 3 is 2.57 bits per heavy atom. The Labute approximate surface area is 121 Å². The summed E-state index contributed by atoms with van der Waals surface area (Å²) in [6, 6.07) is 3.84. The summed E-state index contributed by atoms with van der Waals surface area (Å²) in [5, 5.41) is 11.0. The Hall–Kier alpha value is -2.74. The van der Waals surface area contributed by atoms with Crippen molar-refractivity contribution in [2.24, 2.45) is 5.84 Å². The lowest BCUT2D eigenvalue weighted by Crippen LogP contribution is -2.11. The van der Waals surface area contributed by atoms with Crippen LogP contribution in [0.25, 0.3) is 0 Å². The van der Waals surface area contributed by atoms with Gasteiger partial charge in [0.25, 0.3) is 0 Å². The van der Waals surface area contributed by atoms with E-state index in [-0.39, 0.29) is 17.5 Å². The van der Waals surface area contributed by atoms with Crippen LogP contribution in [0.3, 0.4) is 0 Å². The smallest absolute Gasteiger partial charge is 0.349 e. The fraction of sp³-hybridized carbons (Fsp3) is 0.231. The molecule has 1 heterocycles. The Morgan fingerprint density at radius 2 is 1.95 bits per heavy atom. The van der Waals surface area contributed by atoms with Crippen LogP contribution in [0.5, 0.6) is 11.6 Å². The minimum absolute atomic E-state index is 0.0403. The maximum Gasteiger partial charge on any atom is 0.349 e. The third kappa shape index (κ3) is 2.90. The maximum absolute atomic E-state index is 11.0. The van der Waals surface area contributed by atoms with E-state index in [9.17, 15) is 10.1 Å². The average molecular weight is 289 g/mol. The highest BCUT2D eigenvalue weighted by molar-refractivity contribution is 5.50. The molecule has 0 aliphatic heterocycles. The average Bonchev–Trinajstić information content (AvgIpc) is 2.47. The quantitative estimate of drug-likeness (QED) is 0.504. The summed E-state index contributed by atoms with van der Waals surface area (Å²) in [4.78, 5) is 18.1. The van der Waals surface area contributed by atoms with Gasteiger partial charge < -0.3 is 4.74 Å². The minimum atomic E-state index is -0.601. The van der Waals surface area contributed by atoms with E-state index in [1.807, 2.05) is 32.9 Å². The second-order valence-corrected chi connectivity index (χ2v) is 4.54. The molecule has 0 radical (unpaired) electrons. The van der Waals surface area contributed by atoms with E-state index in [0.29, 0.717) is 5.75 Å². The number of aromatic nitrogens is 2. The van der Waals surface area contributed by atoms with Gasteiger partial charge in [0.15, 0.2) is 0 Å². The zero-order valence-electron chi connectivity index (χ0n) is 11.9. The summed E-state index contributed by atoms with van der Waals surface area (Å²) in [7, 11) is 0. The summed E-state index contributed by atoms with van der Waals surface area (Å²) in [5.41, 5.74) is 4.68. The van der Waals surface area contributed by atoms with Crippen molar-refractivity contribution in [3.8, 4) is 11.6 Å². The fourth-order valence-electron chi connectivity index (χ4n) is 1.81. The van der Waals surface area contributed by atoms with Crippen molar-refractivity contribution in [2.75, 3.05) is 5.43 Å². The largest absolute Gasteiger partial charge is 0.433 e. The monoisotopic (exact) mass is 289 g/mol. The van der Waals surface area contributed by atoms with Crippen LogP contribution in [-0.4, -0.2) is 14.9 Å². The van der Waals surface area contributed by atoms with Gasteiger partial charge in [0.2, 0.25) is 5.95 Å².